The van der Waals surface area contributed by atoms with Gasteiger partial charge in [0.2, 0.25) is 0 Å². The summed E-state index contributed by atoms with van der Waals surface area (Å²) in [6, 6.07) is 0. The van der Waals surface area contributed by atoms with Crippen LogP contribution >= 0.6 is 0 Å². The average Bonchev–Trinajstić information content (AvgIpc) is 3.18. The number of carbonyl (C=O) groups excluding carboxylic acids is 2. The summed E-state index contributed by atoms with van der Waals surface area (Å²) < 4.78 is 22.7. The van der Waals surface area contributed by atoms with Crippen molar-refractivity contribution >= 4 is 11.9 Å². The Bertz CT molecular complexity index is 724. The van der Waals surface area contributed by atoms with E-state index in [-0.39, 0.29) is 37.0 Å². The number of carbonyl (C=O) groups is 2. The normalized spacial score (nSPS) is 11.8. The zero-order chi connectivity index (χ0) is 39.7. The second kappa shape index (κ2) is 41.4. The molecule has 0 radical (unpaired) electrons. The number of rotatable bonds is 43. The van der Waals surface area contributed by atoms with Crippen molar-refractivity contribution in [3.8, 4) is 0 Å². The van der Waals surface area contributed by atoms with Crippen molar-refractivity contribution in [2.75, 3.05) is 65.9 Å². The van der Waals surface area contributed by atoms with E-state index in [1.807, 2.05) is 0 Å². The Morgan fingerprint density at radius 1 is 0.444 bits per heavy atom. The Balaban J connectivity index is 4.46. The van der Waals surface area contributed by atoms with Crippen molar-refractivity contribution in [3.05, 3.63) is 0 Å². The molecule has 0 saturated carbocycles. The highest BCUT2D eigenvalue weighted by Gasteiger charge is 2.20. The quantitative estimate of drug-likeness (QED) is 0.0462. The van der Waals surface area contributed by atoms with E-state index < -0.39 is 6.10 Å². The van der Waals surface area contributed by atoms with Crippen LogP contribution in [0.5, 0.6) is 0 Å². The first-order chi connectivity index (χ1) is 26.5. The second-order valence-corrected chi connectivity index (χ2v) is 15.6. The molecule has 0 spiro atoms. The summed E-state index contributed by atoms with van der Waals surface area (Å²) in [7, 11) is 0. The number of aliphatic hydroxyl groups is 2. The van der Waals surface area contributed by atoms with E-state index in [1.165, 1.54) is 51.4 Å². The average molecular weight is 772 g/mol. The summed E-state index contributed by atoms with van der Waals surface area (Å²) in [4.78, 5) is 28.0. The van der Waals surface area contributed by atoms with E-state index in [9.17, 15) is 19.8 Å². The van der Waals surface area contributed by atoms with Gasteiger partial charge < -0.3 is 34.1 Å². The molecule has 0 aromatic heterocycles. The molecule has 0 aliphatic carbocycles. The molecular formula is C45H89NO8. The Kier molecular flexibility index (Phi) is 40.4. The fourth-order valence-corrected chi connectivity index (χ4v) is 6.91. The lowest BCUT2D eigenvalue weighted by Gasteiger charge is -2.22. The van der Waals surface area contributed by atoms with E-state index in [2.05, 4.69) is 32.6 Å². The maximum atomic E-state index is 12.8. The van der Waals surface area contributed by atoms with Crippen LogP contribution in [0, 0.1) is 11.8 Å². The van der Waals surface area contributed by atoms with Gasteiger partial charge in [0.15, 0.2) is 0 Å². The number of unbranched alkanes of at least 4 members (excludes halogenated alkanes) is 16. The first kappa shape index (κ1) is 52.7. The van der Waals surface area contributed by atoms with Gasteiger partial charge in [-0.05, 0) is 64.5 Å². The predicted molar refractivity (Wildman–Crippen MR) is 223 cm³/mol. The van der Waals surface area contributed by atoms with Crippen molar-refractivity contribution in [1.29, 1.82) is 0 Å². The van der Waals surface area contributed by atoms with Crippen molar-refractivity contribution in [3.63, 3.8) is 0 Å². The zero-order valence-electron chi connectivity index (χ0n) is 36.0. The van der Waals surface area contributed by atoms with Gasteiger partial charge in [0.25, 0.3) is 0 Å². The molecule has 9 nitrogen and oxygen atoms in total. The van der Waals surface area contributed by atoms with Gasteiger partial charge in [0.05, 0.1) is 58.1 Å². The number of aliphatic hydroxyl groups excluding tert-OH is 2. The lowest BCUT2D eigenvalue weighted by Crippen LogP contribution is -2.30. The highest BCUT2D eigenvalue weighted by atomic mass is 16.5. The number of hydrogen-bond donors (Lipinski definition) is 2. The Hall–Kier alpha value is -1.26. The summed E-state index contributed by atoms with van der Waals surface area (Å²) in [6.07, 6.45) is 28.2. The van der Waals surface area contributed by atoms with Gasteiger partial charge in [-0.2, -0.15) is 0 Å². The molecule has 0 unspecified atom stereocenters. The first-order valence-corrected chi connectivity index (χ1v) is 22.9. The fraction of sp³-hybridized carbons (Fsp3) is 0.956. The van der Waals surface area contributed by atoms with Crippen LogP contribution in [0.15, 0.2) is 0 Å². The molecule has 0 aliphatic rings. The van der Waals surface area contributed by atoms with Crippen LogP contribution in [0.3, 0.4) is 0 Å². The summed E-state index contributed by atoms with van der Waals surface area (Å²) >= 11 is 0. The molecule has 0 bridgehead atoms. The lowest BCUT2D eigenvalue weighted by molar-refractivity contribution is -0.150. The fourth-order valence-electron chi connectivity index (χ4n) is 6.91. The van der Waals surface area contributed by atoms with Crippen molar-refractivity contribution in [2.24, 2.45) is 11.8 Å². The predicted octanol–water partition coefficient (Wildman–Crippen LogP) is 10.2. The molecule has 2 N–H and O–H groups in total. The molecule has 0 fully saturated rings. The molecule has 0 saturated heterocycles. The van der Waals surface area contributed by atoms with Gasteiger partial charge in [-0.3, -0.25) is 9.59 Å². The maximum absolute atomic E-state index is 12.8. The van der Waals surface area contributed by atoms with E-state index in [4.69, 9.17) is 18.9 Å². The van der Waals surface area contributed by atoms with Crippen molar-refractivity contribution in [1.82, 2.24) is 4.90 Å². The molecule has 0 aromatic carbocycles. The third-order valence-corrected chi connectivity index (χ3v) is 10.6. The maximum Gasteiger partial charge on any atom is 0.308 e. The van der Waals surface area contributed by atoms with Gasteiger partial charge in [0, 0.05) is 6.54 Å². The summed E-state index contributed by atoms with van der Waals surface area (Å²) in [5.74, 6) is 0.199. The van der Waals surface area contributed by atoms with E-state index in [0.717, 1.165) is 135 Å². The SMILES string of the molecule is CCCCCC(CCCCC)C(=O)OCCCCCCCN(CCCCCCCOC(=O)C(CCCCC)CCCCC)CCOCCOC(CO)CO. The highest BCUT2D eigenvalue weighted by molar-refractivity contribution is 5.72. The van der Waals surface area contributed by atoms with Crippen LogP contribution in [-0.4, -0.2) is 99.0 Å². The number of hydrogen-bond acceptors (Lipinski definition) is 9. The largest absolute Gasteiger partial charge is 0.465 e. The molecule has 0 aliphatic heterocycles. The monoisotopic (exact) mass is 772 g/mol. The summed E-state index contributed by atoms with van der Waals surface area (Å²) in [5, 5.41) is 18.3. The molecule has 0 heterocycles. The second-order valence-electron chi connectivity index (χ2n) is 15.6. The topological polar surface area (TPSA) is 115 Å². The van der Waals surface area contributed by atoms with E-state index >= 15 is 0 Å². The standard InChI is InChI=1S/C45H89NO8/c1-5-9-19-27-41(28-20-10-6-2)44(49)53-34-25-17-13-15-23-31-46(33-36-51-37-38-52-43(39-47)40-48)32-24-16-14-18-26-35-54-45(50)42(29-21-11-7-3)30-22-12-8-4/h41-43,47-48H,5-40H2,1-4H3. The van der Waals surface area contributed by atoms with Crippen molar-refractivity contribution < 1.29 is 38.7 Å². The van der Waals surface area contributed by atoms with Gasteiger partial charge in [-0.25, -0.2) is 0 Å². The zero-order valence-corrected chi connectivity index (χ0v) is 36.0. The smallest absolute Gasteiger partial charge is 0.308 e. The summed E-state index contributed by atoms with van der Waals surface area (Å²) in [5.41, 5.74) is 0. The van der Waals surface area contributed by atoms with Crippen LogP contribution in [0.4, 0.5) is 0 Å². The first-order valence-electron chi connectivity index (χ1n) is 22.9. The minimum Gasteiger partial charge on any atom is -0.465 e. The third kappa shape index (κ3) is 32.9. The minimum atomic E-state index is -0.546. The minimum absolute atomic E-state index is 0.0242. The molecule has 0 rings (SSSR count). The van der Waals surface area contributed by atoms with E-state index in [0.29, 0.717) is 33.0 Å². The number of ether oxygens (including phenoxy) is 4. The molecule has 0 amide bonds. The summed E-state index contributed by atoms with van der Waals surface area (Å²) in [6.45, 7) is 13.9. The van der Waals surface area contributed by atoms with Gasteiger partial charge in [0.1, 0.15) is 6.10 Å². The van der Waals surface area contributed by atoms with Gasteiger partial charge in [-0.15, -0.1) is 0 Å². The van der Waals surface area contributed by atoms with Crippen LogP contribution in [-0.2, 0) is 28.5 Å². The van der Waals surface area contributed by atoms with Crippen LogP contribution < -0.4 is 0 Å². The molecule has 54 heavy (non-hydrogen) atoms. The molecular weight excluding hydrogens is 682 g/mol. The van der Waals surface area contributed by atoms with Crippen LogP contribution in [0.25, 0.3) is 0 Å². The molecule has 9 heteroatoms. The van der Waals surface area contributed by atoms with Crippen LogP contribution in [0.2, 0.25) is 0 Å². The Morgan fingerprint density at radius 2 is 0.833 bits per heavy atom. The number of esters is 2. The Labute approximate surface area is 333 Å². The van der Waals surface area contributed by atoms with Gasteiger partial charge >= 0.3 is 11.9 Å². The third-order valence-electron chi connectivity index (χ3n) is 10.6. The number of nitrogens with zero attached hydrogens (tertiary/aromatic N) is 1. The lowest BCUT2D eigenvalue weighted by atomic mass is 9.95. The van der Waals surface area contributed by atoms with Crippen LogP contribution in [0.1, 0.15) is 195 Å². The van der Waals surface area contributed by atoms with Crippen molar-refractivity contribution in [2.45, 2.75) is 201 Å². The molecule has 322 valence electrons. The Morgan fingerprint density at radius 3 is 1.22 bits per heavy atom. The molecule has 0 aromatic rings. The molecule has 0 atom stereocenters. The highest BCUT2D eigenvalue weighted by Crippen LogP contribution is 2.21. The van der Waals surface area contributed by atoms with Gasteiger partial charge in [-0.1, -0.05) is 143 Å². The van der Waals surface area contributed by atoms with E-state index in [1.54, 1.807) is 0 Å².